The van der Waals surface area contributed by atoms with E-state index in [0.717, 1.165) is 38.3 Å². The van der Waals surface area contributed by atoms with E-state index in [2.05, 4.69) is 24.1 Å². The molecule has 150 valence electrons. The second kappa shape index (κ2) is 9.06. The number of hydrogen-bond acceptors (Lipinski definition) is 4. The van der Waals surface area contributed by atoms with Gasteiger partial charge in [-0.2, -0.15) is 0 Å². The zero-order valence-corrected chi connectivity index (χ0v) is 16.9. The Hall–Kier alpha value is -2.60. The summed E-state index contributed by atoms with van der Waals surface area (Å²) in [6, 6.07) is 8.72. The molecule has 2 heterocycles. The van der Waals surface area contributed by atoms with Crippen LogP contribution in [0.3, 0.4) is 0 Å². The van der Waals surface area contributed by atoms with E-state index in [1.54, 1.807) is 18.2 Å². The van der Waals surface area contributed by atoms with Crippen LogP contribution in [0.2, 0.25) is 0 Å². The SMILES string of the molecule is Cc1ccc(C(=O)N2CCN(CCC(C)C)CC2)cc1NC(=O)c1ccco1. The van der Waals surface area contributed by atoms with Gasteiger partial charge in [0.15, 0.2) is 5.76 Å². The molecule has 0 atom stereocenters. The number of benzene rings is 1. The fourth-order valence-electron chi connectivity index (χ4n) is 3.28. The van der Waals surface area contributed by atoms with E-state index in [-0.39, 0.29) is 17.6 Å². The van der Waals surface area contributed by atoms with E-state index >= 15 is 0 Å². The minimum atomic E-state index is -0.323. The number of carbonyl (C=O) groups is 2. The van der Waals surface area contributed by atoms with E-state index in [4.69, 9.17) is 4.42 Å². The van der Waals surface area contributed by atoms with Gasteiger partial charge in [0.1, 0.15) is 0 Å². The Morgan fingerprint density at radius 2 is 1.89 bits per heavy atom. The predicted molar refractivity (Wildman–Crippen MR) is 110 cm³/mol. The molecule has 6 nitrogen and oxygen atoms in total. The number of rotatable bonds is 6. The molecule has 1 aliphatic heterocycles. The molecule has 1 aliphatic rings. The monoisotopic (exact) mass is 383 g/mol. The maximum atomic E-state index is 12.9. The number of nitrogens with zero attached hydrogens (tertiary/aromatic N) is 2. The molecule has 1 fully saturated rings. The van der Waals surface area contributed by atoms with Crippen LogP contribution in [0.1, 0.15) is 46.7 Å². The molecule has 0 spiro atoms. The molecule has 2 aromatic rings. The van der Waals surface area contributed by atoms with Crippen molar-refractivity contribution in [2.75, 3.05) is 38.0 Å². The molecule has 1 saturated heterocycles. The number of anilines is 1. The Morgan fingerprint density at radius 3 is 2.54 bits per heavy atom. The van der Waals surface area contributed by atoms with Gasteiger partial charge in [0.25, 0.3) is 11.8 Å². The first-order valence-electron chi connectivity index (χ1n) is 9.91. The van der Waals surface area contributed by atoms with Crippen molar-refractivity contribution in [3.05, 3.63) is 53.5 Å². The van der Waals surface area contributed by atoms with Crippen LogP contribution in [-0.4, -0.2) is 54.3 Å². The van der Waals surface area contributed by atoms with Crippen molar-refractivity contribution in [2.24, 2.45) is 5.92 Å². The van der Waals surface area contributed by atoms with Crippen molar-refractivity contribution in [3.63, 3.8) is 0 Å². The molecule has 1 N–H and O–H groups in total. The molecular formula is C22H29N3O3. The van der Waals surface area contributed by atoms with E-state index in [9.17, 15) is 9.59 Å². The van der Waals surface area contributed by atoms with Crippen LogP contribution in [0.4, 0.5) is 5.69 Å². The van der Waals surface area contributed by atoms with Crippen LogP contribution in [0.5, 0.6) is 0 Å². The molecule has 28 heavy (non-hydrogen) atoms. The van der Waals surface area contributed by atoms with Crippen molar-refractivity contribution in [1.82, 2.24) is 9.80 Å². The lowest BCUT2D eigenvalue weighted by atomic mass is 10.1. The average Bonchev–Trinajstić information content (AvgIpc) is 3.23. The Balaban J connectivity index is 1.62. The zero-order valence-electron chi connectivity index (χ0n) is 16.9. The van der Waals surface area contributed by atoms with E-state index in [1.807, 2.05) is 24.0 Å². The Bertz CT molecular complexity index is 806. The molecule has 2 amide bonds. The molecular weight excluding hydrogens is 354 g/mol. The van der Waals surface area contributed by atoms with Gasteiger partial charge in [-0.3, -0.25) is 14.5 Å². The molecule has 0 unspecified atom stereocenters. The maximum Gasteiger partial charge on any atom is 0.291 e. The molecule has 0 aliphatic carbocycles. The normalized spacial score (nSPS) is 15.1. The standard InChI is InChI=1S/C22H29N3O3/c1-16(2)8-9-24-10-12-25(13-11-24)22(27)18-7-6-17(3)19(15-18)23-21(26)20-5-4-14-28-20/h4-7,14-16H,8-13H2,1-3H3,(H,23,26). The lowest BCUT2D eigenvalue weighted by molar-refractivity contribution is 0.0631. The summed E-state index contributed by atoms with van der Waals surface area (Å²) in [5, 5.41) is 2.83. The van der Waals surface area contributed by atoms with Crippen LogP contribution in [0.15, 0.2) is 41.0 Å². The molecule has 0 bridgehead atoms. The van der Waals surface area contributed by atoms with Gasteiger partial charge < -0.3 is 14.6 Å². The highest BCUT2D eigenvalue weighted by Gasteiger charge is 2.23. The van der Waals surface area contributed by atoms with E-state index in [0.29, 0.717) is 17.2 Å². The number of nitrogens with one attached hydrogen (secondary N) is 1. The first-order valence-corrected chi connectivity index (χ1v) is 9.91. The average molecular weight is 383 g/mol. The van der Waals surface area contributed by atoms with Crippen molar-refractivity contribution >= 4 is 17.5 Å². The Kier molecular flexibility index (Phi) is 6.52. The summed E-state index contributed by atoms with van der Waals surface area (Å²) in [7, 11) is 0. The molecule has 1 aromatic heterocycles. The summed E-state index contributed by atoms with van der Waals surface area (Å²) in [5.41, 5.74) is 2.12. The summed E-state index contributed by atoms with van der Waals surface area (Å²) in [4.78, 5) is 29.5. The van der Waals surface area contributed by atoms with E-state index in [1.165, 1.54) is 12.7 Å². The summed E-state index contributed by atoms with van der Waals surface area (Å²) >= 11 is 0. The van der Waals surface area contributed by atoms with Crippen molar-refractivity contribution in [1.29, 1.82) is 0 Å². The van der Waals surface area contributed by atoms with Crippen LogP contribution in [-0.2, 0) is 0 Å². The third-order valence-corrected chi connectivity index (χ3v) is 5.16. The summed E-state index contributed by atoms with van der Waals surface area (Å²) in [5.74, 6) is 0.629. The molecule has 0 saturated carbocycles. The predicted octanol–water partition coefficient (Wildman–Crippen LogP) is 3.64. The summed E-state index contributed by atoms with van der Waals surface area (Å²) < 4.78 is 5.13. The lowest BCUT2D eigenvalue weighted by Crippen LogP contribution is -2.49. The molecule has 0 radical (unpaired) electrons. The Morgan fingerprint density at radius 1 is 1.14 bits per heavy atom. The van der Waals surface area contributed by atoms with E-state index < -0.39 is 0 Å². The zero-order chi connectivity index (χ0) is 20.1. The van der Waals surface area contributed by atoms with Gasteiger partial charge in [0.2, 0.25) is 0 Å². The quantitative estimate of drug-likeness (QED) is 0.827. The first kappa shape index (κ1) is 20.1. The van der Waals surface area contributed by atoms with Crippen LogP contribution >= 0.6 is 0 Å². The van der Waals surface area contributed by atoms with Crippen LogP contribution in [0.25, 0.3) is 0 Å². The number of piperazine rings is 1. The number of amides is 2. The first-order chi connectivity index (χ1) is 13.4. The van der Waals surface area contributed by atoms with Gasteiger partial charge >= 0.3 is 0 Å². The van der Waals surface area contributed by atoms with Gasteiger partial charge in [-0.05, 0) is 55.6 Å². The second-order valence-electron chi connectivity index (χ2n) is 7.78. The highest BCUT2D eigenvalue weighted by Crippen LogP contribution is 2.20. The largest absolute Gasteiger partial charge is 0.459 e. The lowest BCUT2D eigenvalue weighted by Gasteiger charge is -2.35. The molecule has 6 heteroatoms. The Labute approximate surface area is 166 Å². The third-order valence-electron chi connectivity index (χ3n) is 5.16. The molecule has 3 rings (SSSR count). The number of furan rings is 1. The van der Waals surface area contributed by atoms with Gasteiger partial charge in [0, 0.05) is 37.4 Å². The van der Waals surface area contributed by atoms with Crippen molar-refractivity contribution in [3.8, 4) is 0 Å². The highest BCUT2D eigenvalue weighted by atomic mass is 16.3. The second-order valence-corrected chi connectivity index (χ2v) is 7.78. The number of hydrogen-bond donors (Lipinski definition) is 1. The fraction of sp³-hybridized carbons (Fsp3) is 0.455. The third kappa shape index (κ3) is 5.01. The maximum absolute atomic E-state index is 12.9. The summed E-state index contributed by atoms with van der Waals surface area (Å²) in [6.45, 7) is 10.8. The fourth-order valence-corrected chi connectivity index (χ4v) is 3.28. The van der Waals surface area contributed by atoms with Crippen molar-refractivity contribution < 1.29 is 14.0 Å². The number of aryl methyl sites for hydroxylation is 1. The van der Waals surface area contributed by atoms with Gasteiger partial charge in [0.05, 0.1) is 6.26 Å². The van der Waals surface area contributed by atoms with Crippen LogP contribution in [0, 0.1) is 12.8 Å². The number of carbonyl (C=O) groups excluding carboxylic acids is 2. The topological polar surface area (TPSA) is 65.8 Å². The van der Waals surface area contributed by atoms with Gasteiger partial charge in [-0.15, -0.1) is 0 Å². The highest BCUT2D eigenvalue weighted by molar-refractivity contribution is 6.03. The van der Waals surface area contributed by atoms with Gasteiger partial charge in [-0.25, -0.2) is 0 Å². The minimum Gasteiger partial charge on any atom is -0.459 e. The summed E-state index contributed by atoms with van der Waals surface area (Å²) in [6.07, 6.45) is 2.65. The molecule has 1 aromatic carbocycles. The van der Waals surface area contributed by atoms with Gasteiger partial charge in [-0.1, -0.05) is 19.9 Å². The minimum absolute atomic E-state index is 0.0111. The van der Waals surface area contributed by atoms with Crippen LogP contribution < -0.4 is 5.32 Å². The smallest absolute Gasteiger partial charge is 0.291 e. The van der Waals surface area contributed by atoms with Crippen molar-refractivity contribution in [2.45, 2.75) is 27.2 Å².